The quantitative estimate of drug-likeness (QED) is 0.709. The normalized spacial score (nSPS) is 28.2. The molecule has 3 N–H and O–H groups in total. The minimum Gasteiger partial charge on any atom is -0.299 e. The monoisotopic (exact) mass is 252 g/mol. The van der Waals surface area contributed by atoms with E-state index in [1.165, 1.54) is 6.42 Å². The van der Waals surface area contributed by atoms with Gasteiger partial charge in [-0.05, 0) is 46.7 Å². The summed E-state index contributed by atoms with van der Waals surface area (Å²) < 4.78 is 0. The molecule has 2 heterocycles. The van der Waals surface area contributed by atoms with Crippen molar-refractivity contribution in [2.45, 2.75) is 45.8 Å². The average Bonchev–Trinajstić information content (AvgIpc) is 2.84. The van der Waals surface area contributed by atoms with Gasteiger partial charge < -0.3 is 0 Å². The number of rotatable bonds is 5. The van der Waals surface area contributed by atoms with Crippen molar-refractivity contribution >= 4 is 0 Å². The fourth-order valence-electron chi connectivity index (χ4n) is 2.56. The number of hydrogen-bond acceptors (Lipinski definition) is 5. The molecule has 6 heteroatoms. The summed E-state index contributed by atoms with van der Waals surface area (Å²) in [6, 6.07) is 1.08. The maximum atomic E-state index is 4.33. The molecule has 2 unspecified atom stereocenters. The maximum Gasteiger partial charge on any atom is 0.164 e. The van der Waals surface area contributed by atoms with Crippen molar-refractivity contribution in [1.29, 1.82) is 0 Å². The van der Waals surface area contributed by atoms with Crippen LogP contribution in [0, 0.1) is 12.8 Å². The Hall–Kier alpha value is -0.980. The van der Waals surface area contributed by atoms with Crippen molar-refractivity contribution in [3.8, 4) is 0 Å². The third-order valence-electron chi connectivity index (χ3n) is 3.72. The Labute approximate surface area is 109 Å². The van der Waals surface area contributed by atoms with E-state index < -0.39 is 0 Å². The Morgan fingerprint density at radius 3 is 2.44 bits per heavy atom. The topological polar surface area (TPSA) is 68.9 Å². The van der Waals surface area contributed by atoms with E-state index in [1.807, 2.05) is 6.92 Å². The molecule has 1 fully saturated rings. The minimum atomic E-state index is 0.541. The van der Waals surface area contributed by atoms with Crippen molar-refractivity contribution < 1.29 is 0 Å². The summed E-state index contributed by atoms with van der Waals surface area (Å²) in [4.78, 5) is 6.61. The molecule has 1 saturated heterocycles. The van der Waals surface area contributed by atoms with Gasteiger partial charge in [0.25, 0.3) is 0 Å². The number of aromatic amines is 1. The molecule has 0 radical (unpaired) electrons. The van der Waals surface area contributed by atoms with Crippen LogP contribution in [0.1, 0.15) is 31.9 Å². The molecule has 1 aromatic heterocycles. The number of hydrazine groups is 1. The number of nitrogens with zero attached hydrogens (tertiary/aromatic N) is 3. The number of aromatic nitrogens is 3. The number of H-pyrrole nitrogens is 1. The molecule has 0 spiro atoms. The van der Waals surface area contributed by atoms with Gasteiger partial charge in [-0.1, -0.05) is 0 Å². The van der Waals surface area contributed by atoms with E-state index in [2.05, 4.69) is 51.8 Å². The highest BCUT2D eigenvalue weighted by Gasteiger charge is 2.29. The van der Waals surface area contributed by atoms with Gasteiger partial charge in [-0.15, -0.1) is 0 Å². The molecule has 0 bridgehead atoms. The van der Waals surface area contributed by atoms with Crippen LogP contribution in [0.3, 0.4) is 0 Å². The second-order valence-electron chi connectivity index (χ2n) is 5.39. The molecule has 0 amide bonds. The summed E-state index contributed by atoms with van der Waals surface area (Å²) in [6.07, 6.45) is 1.18. The summed E-state index contributed by atoms with van der Waals surface area (Å²) in [7, 11) is 2.12. The fourth-order valence-corrected chi connectivity index (χ4v) is 2.56. The first kappa shape index (κ1) is 13.5. The van der Waals surface area contributed by atoms with Crippen molar-refractivity contribution in [3.05, 3.63) is 11.6 Å². The highest BCUT2D eigenvalue weighted by molar-refractivity contribution is 4.88. The van der Waals surface area contributed by atoms with Crippen molar-refractivity contribution in [3.63, 3.8) is 0 Å². The van der Waals surface area contributed by atoms with Crippen molar-refractivity contribution in [2.75, 3.05) is 13.6 Å². The zero-order chi connectivity index (χ0) is 13.1. The lowest BCUT2D eigenvalue weighted by Crippen LogP contribution is -2.30. The van der Waals surface area contributed by atoms with Crippen LogP contribution >= 0.6 is 0 Å². The molecule has 2 atom stereocenters. The van der Waals surface area contributed by atoms with Gasteiger partial charge in [-0.25, -0.2) is 4.98 Å². The van der Waals surface area contributed by atoms with Gasteiger partial charge in [-0.2, -0.15) is 5.10 Å². The van der Waals surface area contributed by atoms with Crippen LogP contribution in [-0.4, -0.2) is 45.8 Å². The van der Waals surface area contributed by atoms with Crippen LogP contribution in [-0.2, 0) is 6.54 Å². The number of hydrogen-bond donors (Lipinski definition) is 3. The first-order chi connectivity index (χ1) is 8.56. The van der Waals surface area contributed by atoms with E-state index in [0.29, 0.717) is 18.0 Å². The van der Waals surface area contributed by atoms with Crippen molar-refractivity contribution in [1.82, 2.24) is 30.9 Å². The van der Waals surface area contributed by atoms with Gasteiger partial charge in [0, 0.05) is 12.1 Å². The lowest BCUT2D eigenvalue weighted by Gasteiger charge is -2.21. The van der Waals surface area contributed by atoms with Gasteiger partial charge in [0.05, 0.1) is 6.54 Å². The molecule has 1 aliphatic heterocycles. The van der Waals surface area contributed by atoms with Crippen LogP contribution in [0.5, 0.6) is 0 Å². The third kappa shape index (κ3) is 3.28. The van der Waals surface area contributed by atoms with E-state index >= 15 is 0 Å². The summed E-state index contributed by atoms with van der Waals surface area (Å²) in [6.45, 7) is 8.27. The summed E-state index contributed by atoms with van der Waals surface area (Å²) >= 11 is 0. The smallest absolute Gasteiger partial charge is 0.164 e. The Morgan fingerprint density at radius 1 is 1.22 bits per heavy atom. The van der Waals surface area contributed by atoms with Crippen LogP contribution in [0.15, 0.2) is 0 Å². The van der Waals surface area contributed by atoms with Gasteiger partial charge in [0.1, 0.15) is 5.82 Å². The third-order valence-corrected chi connectivity index (χ3v) is 3.72. The molecular formula is C12H24N6. The van der Waals surface area contributed by atoms with Crippen molar-refractivity contribution in [2.24, 2.45) is 5.92 Å². The van der Waals surface area contributed by atoms with E-state index in [0.717, 1.165) is 24.7 Å². The molecule has 6 nitrogen and oxygen atoms in total. The molecule has 1 aliphatic rings. The lowest BCUT2D eigenvalue weighted by atomic mass is 9.93. The van der Waals surface area contributed by atoms with E-state index in [4.69, 9.17) is 0 Å². The van der Waals surface area contributed by atoms with E-state index in [-0.39, 0.29) is 0 Å². The van der Waals surface area contributed by atoms with Crippen LogP contribution < -0.4 is 10.9 Å². The fraction of sp³-hybridized carbons (Fsp3) is 0.833. The highest BCUT2D eigenvalue weighted by Crippen LogP contribution is 2.18. The van der Waals surface area contributed by atoms with Gasteiger partial charge in [0.2, 0.25) is 0 Å². The second kappa shape index (κ2) is 5.77. The van der Waals surface area contributed by atoms with Crippen LogP contribution in [0.2, 0.25) is 0 Å². The molecule has 102 valence electrons. The SMILES string of the molecule is Cc1nc(CN(C)CCC2C(C)NNC2C)n[nH]1. The standard InChI is InChI=1S/C12H24N6/c1-8-11(9(2)15-14-8)5-6-18(4)7-12-13-10(3)16-17-12/h8-9,11,14-15H,5-7H2,1-4H3,(H,13,16,17). The molecule has 0 aliphatic carbocycles. The predicted molar refractivity (Wildman–Crippen MR) is 70.8 cm³/mol. The molecule has 2 rings (SSSR count). The summed E-state index contributed by atoms with van der Waals surface area (Å²) in [5.41, 5.74) is 6.60. The van der Waals surface area contributed by atoms with Gasteiger partial charge in [-0.3, -0.25) is 20.9 Å². The Morgan fingerprint density at radius 2 is 1.89 bits per heavy atom. The lowest BCUT2D eigenvalue weighted by molar-refractivity contribution is 0.274. The van der Waals surface area contributed by atoms with Gasteiger partial charge in [0.15, 0.2) is 5.82 Å². The zero-order valence-electron chi connectivity index (χ0n) is 11.7. The first-order valence-electron chi connectivity index (χ1n) is 6.63. The van der Waals surface area contributed by atoms with E-state index in [9.17, 15) is 0 Å². The summed E-state index contributed by atoms with van der Waals surface area (Å²) in [5.74, 6) is 2.44. The van der Waals surface area contributed by atoms with Crippen LogP contribution in [0.4, 0.5) is 0 Å². The Balaban J connectivity index is 1.76. The average molecular weight is 252 g/mol. The van der Waals surface area contributed by atoms with Gasteiger partial charge >= 0.3 is 0 Å². The highest BCUT2D eigenvalue weighted by atomic mass is 15.4. The molecule has 0 saturated carbocycles. The predicted octanol–water partition coefficient (Wildman–Crippen LogP) is 0.436. The summed E-state index contributed by atoms with van der Waals surface area (Å²) in [5, 5.41) is 7.04. The molecule has 18 heavy (non-hydrogen) atoms. The largest absolute Gasteiger partial charge is 0.299 e. The zero-order valence-corrected chi connectivity index (χ0v) is 11.7. The molecule has 0 aromatic carbocycles. The Bertz CT molecular complexity index is 366. The second-order valence-corrected chi connectivity index (χ2v) is 5.39. The number of nitrogens with one attached hydrogen (secondary N) is 3. The molecule has 1 aromatic rings. The Kier molecular flexibility index (Phi) is 4.31. The van der Waals surface area contributed by atoms with Crippen LogP contribution in [0.25, 0.3) is 0 Å². The first-order valence-corrected chi connectivity index (χ1v) is 6.63. The minimum absolute atomic E-state index is 0.541. The number of aryl methyl sites for hydroxylation is 1. The maximum absolute atomic E-state index is 4.33. The molecular weight excluding hydrogens is 228 g/mol. The van der Waals surface area contributed by atoms with E-state index in [1.54, 1.807) is 0 Å².